The number of carbonyl (C=O) groups excluding carboxylic acids is 1. The van der Waals surface area contributed by atoms with Gasteiger partial charge in [-0.1, -0.05) is 6.07 Å². The van der Waals surface area contributed by atoms with Gasteiger partial charge in [0.05, 0.1) is 12.5 Å². The maximum Gasteiger partial charge on any atom is 0.313 e. The van der Waals surface area contributed by atoms with Gasteiger partial charge >= 0.3 is 5.97 Å². The molecule has 0 saturated carbocycles. The van der Waals surface area contributed by atoms with Gasteiger partial charge in [-0.3, -0.25) is 4.79 Å². The van der Waals surface area contributed by atoms with Crippen molar-refractivity contribution in [3.8, 4) is 11.5 Å². The van der Waals surface area contributed by atoms with Crippen molar-refractivity contribution in [1.29, 1.82) is 0 Å². The summed E-state index contributed by atoms with van der Waals surface area (Å²) in [7, 11) is 0. The second kappa shape index (κ2) is 4.68. The van der Waals surface area contributed by atoms with E-state index in [0.29, 0.717) is 12.2 Å². The van der Waals surface area contributed by atoms with Gasteiger partial charge < -0.3 is 14.9 Å². The Morgan fingerprint density at radius 2 is 2.13 bits per heavy atom. The summed E-state index contributed by atoms with van der Waals surface area (Å²) in [6.45, 7) is 3.67. The summed E-state index contributed by atoms with van der Waals surface area (Å²) in [6, 6.07) is 4.13. The second-order valence-corrected chi connectivity index (χ2v) is 3.22. The number of benzene rings is 1. The Labute approximate surface area is 88.1 Å². The van der Waals surface area contributed by atoms with Crippen LogP contribution in [0.3, 0.4) is 0 Å². The molecular formula is C11H14O4. The van der Waals surface area contributed by atoms with E-state index in [1.807, 2.05) is 0 Å². The monoisotopic (exact) mass is 210 g/mol. The third-order valence-corrected chi connectivity index (χ3v) is 2.12. The van der Waals surface area contributed by atoms with Crippen molar-refractivity contribution in [3.05, 3.63) is 23.8 Å². The summed E-state index contributed by atoms with van der Waals surface area (Å²) >= 11 is 0. The van der Waals surface area contributed by atoms with Gasteiger partial charge in [-0.05, 0) is 19.9 Å². The topological polar surface area (TPSA) is 66.8 Å². The van der Waals surface area contributed by atoms with Crippen LogP contribution in [0.15, 0.2) is 18.2 Å². The molecule has 0 aliphatic heterocycles. The largest absolute Gasteiger partial charge is 0.508 e. The van der Waals surface area contributed by atoms with Gasteiger partial charge in [0.15, 0.2) is 0 Å². The maximum absolute atomic E-state index is 11.4. The number of phenolic OH excluding ortho intramolecular Hbond substituents is 2. The van der Waals surface area contributed by atoms with Crippen molar-refractivity contribution >= 4 is 5.97 Å². The van der Waals surface area contributed by atoms with Crippen molar-refractivity contribution in [2.75, 3.05) is 6.61 Å². The average Bonchev–Trinajstić information content (AvgIpc) is 2.17. The first-order valence-electron chi connectivity index (χ1n) is 4.74. The molecule has 1 rings (SSSR count). The molecule has 0 fully saturated rings. The minimum Gasteiger partial charge on any atom is -0.508 e. The average molecular weight is 210 g/mol. The van der Waals surface area contributed by atoms with E-state index in [0.717, 1.165) is 0 Å². The Kier molecular flexibility index (Phi) is 3.55. The Balaban J connectivity index is 2.91. The van der Waals surface area contributed by atoms with Gasteiger partial charge in [0.2, 0.25) is 0 Å². The molecular weight excluding hydrogens is 196 g/mol. The lowest BCUT2D eigenvalue weighted by Gasteiger charge is -2.12. The van der Waals surface area contributed by atoms with Crippen LogP contribution in [-0.2, 0) is 9.53 Å². The van der Waals surface area contributed by atoms with Crippen molar-refractivity contribution in [3.63, 3.8) is 0 Å². The number of esters is 1. The highest BCUT2D eigenvalue weighted by molar-refractivity contribution is 5.78. The standard InChI is InChI=1S/C11H14O4/c1-3-15-11(14)7(2)9-5-4-8(12)6-10(9)13/h4-7,12-13H,3H2,1-2H3. The normalized spacial score (nSPS) is 12.1. The van der Waals surface area contributed by atoms with Crippen LogP contribution in [0.25, 0.3) is 0 Å². The fraction of sp³-hybridized carbons (Fsp3) is 0.364. The first kappa shape index (κ1) is 11.4. The minimum absolute atomic E-state index is 0.0349. The molecule has 0 aliphatic rings. The van der Waals surface area contributed by atoms with Crippen molar-refractivity contribution < 1.29 is 19.7 Å². The van der Waals surface area contributed by atoms with E-state index >= 15 is 0 Å². The third kappa shape index (κ3) is 2.62. The molecule has 0 aromatic heterocycles. The highest BCUT2D eigenvalue weighted by atomic mass is 16.5. The molecule has 1 unspecified atom stereocenters. The van der Waals surface area contributed by atoms with Crippen molar-refractivity contribution in [1.82, 2.24) is 0 Å². The zero-order chi connectivity index (χ0) is 11.4. The Morgan fingerprint density at radius 1 is 1.47 bits per heavy atom. The van der Waals surface area contributed by atoms with Crippen LogP contribution < -0.4 is 0 Å². The number of hydrogen-bond acceptors (Lipinski definition) is 4. The Hall–Kier alpha value is -1.71. The summed E-state index contributed by atoms with van der Waals surface area (Å²) in [5.74, 6) is -1.06. The summed E-state index contributed by atoms with van der Waals surface area (Å²) < 4.78 is 4.83. The van der Waals surface area contributed by atoms with Gasteiger partial charge in [-0.2, -0.15) is 0 Å². The predicted octanol–water partition coefficient (Wildman–Crippen LogP) is 1.76. The fourth-order valence-electron chi connectivity index (χ4n) is 1.29. The Morgan fingerprint density at radius 3 is 2.67 bits per heavy atom. The van der Waals surface area contributed by atoms with E-state index in [4.69, 9.17) is 9.84 Å². The number of rotatable bonds is 3. The van der Waals surface area contributed by atoms with Gasteiger partial charge in [0.1, 0.15) is 11.5 Å². The first-order chi connectivity index (χ1) is 7.06. The van der Waals surface area contributed by atoms with Gasteiger partial charge in [0.25, 0.3) is 0 Å². The molecule has 0 radical (unpaired) electrons. The zero-order valence-electron chi connectivity index (χ0n) is 8.73. The van der Waals surface area contributed by atoms with Gasteiger partial charge in [-0.15, -0.1) is 0 Å². The molecule has 4 heteroatoms. The number of phenols is 2. The molecule has 0 amide bonds. The molecule has 82 valence electrons. The molecule has 0 bridgehead atoms. The molecule has 0 spiro atoms. The number of ether oxygens (including phenoxy) is 1. The van der Waals surface area contributed by atoms with E-state index in [2.05, 4.69) is 0 Å². The second-order valence-electron chi connectivity index (χ2n) is 3.22. The predicted molar refractivity (Wildman–Crippen MR) is 54.8 cm³/mol. The summed E-state index contributed by atoms with van der Waals surface area (Å²) in [5.41, 5.74) is 0.450. The van der Waals surface area contributed by atoms with Crippen LogP contribution in [0, 0.1) is 0 Å². The Bertz CT molecular complexity index is 360. The molecule has 4 nitrogen and oxygen atoms in total. The summed E-state index contributed by atoms with van der Waals surface area (Å²) in [6.07, 6.45) is 0. The van der Waals surface area contributed by atoms with Crippen LogP contribution in [-0.4, -0.2) is 22.8 Å². The molecule has 0 heterocycles. The quantitative estimate of drug-likeness (QED) is 0.746. The van der Waals surface area contributed by atoms with Crippen molar-refractivity contribution in [2.45, 2.75) is 19.8 Å². The number of hydrogen-bond donors (Lipinski definition) is 2. The first-order valence-corrected chi connectivity index (χ1v) is 4.74. The fourth-order valence-corrected chi connectivity index (χ4v) is 1.29. The number of carbonyl (C=O) groups is 1. The molecule has 1 aromatic rings. The van der Waals surface area contributed by atoms with Crippen molar-refractivity contribution in [2.24, 2.45) is 0 Å². The summed E-state index contributed by atoms with van der Waals surface area (Å²) in [5, 5.41) is 18.6. The molecule has 0 saturated heterocycles. The summed E-state index contributed by atoms with van der Waals surface area (Å²) in [4.78, 5) is 11.4. The van der Waals surface area contributed by atoms with Crippen LogP contribution in [0.1, 0.15) is 25.3 Å². The van der Waals surface area contributed by atoms with E-state index in [1.165, 1.54) is 18.2 Å². The molecule has 15 heavy (non-hydrogen) atoms. The highest BCUT2D eigenvalue weighted by Crippen LogP contribution is 2.29. The zero-order valence-corrected chi connectivity index (χ0v) is 8.73. The molecule has 1 atom stereocenters. The number of aromatic hydroxyl groups is 2. The van der Waals surface area contributed by atoms with Crippen LogP contribution >= 0.6 is 0 Å². The maximum atomic E-state index is 11.4. The molecule has 0 aliphatic carbocycles. The molecule has 2 N–H and O–H groups in total. The smallest absolute Gasteiger partial charge is 0.313 e. The van der Waals surface area contributed by atoms with Crippen LogP contribution in [0.2, 0.25) is 0 Å². The van der Waals surface area contributed by atoms with Crippen LogP contribution in [0.4, 0.5) is 0 Å². The molecule has 1 aromatic carbocycles. The van der Waals surface area contributed by atoms with E-state index in [-0.39, 0.29) is 11.5 Å². The minimum atomic E-state index is -0.537. The SMILES string of the molecule is CCOC(=O)C(C)c1ccc(O)cc1O. The van der Waals surface area contributed by atoms with E-state index < -0.39 is 11.9 Å². The van der Waals surface area contributed by atoms with Crippen LogP contribution in [0.5, 0.6) is 11.5 Å². The van der Waals surface area contributed by atoms with Gasteiger partial charge in [-0.25, -0.2) is 0 Å². The lowest BCUT2D eigenvalue weighted by atomic mass is 10.0. The van der Waals surface area contributed by atoms with E-state index in [1.54, 1.807) is 13.8 Å². The third-order valence-electron chi connectivity index (χ3n) is 2.12. The lowest BCUT2D eigenvalue weighted by molar-refractivity contribution is -0.144. The lowest BCUT2D eigenvalue weighted by Crippen LogP contribution is -2.12. The van der Waals surface area contributed by atoms with E-state index in [9.17, 15) is 9.90 Å². The highest BCUT2D eigenvalue weighted by Gasteiger charge is 2.19. The van der Waals surface area contributed by atoms with Gasteiger partial charge in [0, 0.05) is 11.6 Å².